The summed E-state index contributed by atoms with van der Waals surface area (Å²) in [6.45, 7) is 7.49. The first-order valence-corrected chi connectivity index (χ1v) is 6.92. The van der Waals surface area contributed by atoms with Gasteiger partial charge in [-0.2, -0.15) is 0 Å². The molecule has 110 valence electrons. The van der Waals surface area contributed by atoms with Crippen molar-refractivity contribution in [3.05, 3.63) is 35.9 Å². The maximum atomic E-state index is 12.3. The number of ketones is 2. The first kappa shape index (κ1) is 16.6. The Morgan fingerprint density at radius 2 is 1.70 bits per heavy atom. The summed E-state index contributed by atoms with van der Waals surface area (Å²) in [7, 11) is 1.53. The maximum Gasteiger partial charge on any atom is 0.167 e. The van der Waals surface area contributed by atoms with Crippen LogP contribution in [-0.2, 0) is 9.53 Å². The predicted octanol–water partition coefficient (Wildman–Crippen LogP) is 3.53. The first-order chi connectivity index (χ1) is 9.27. The lowest BCUT2D eigenvalue weighted by Crippen LogP contribution is -2.39. The highest BCUT2D eigenvalue weighted by molar-refractivity contribution is 5.97. The molecular weight excluding hydrogens is 252 g/mol. The molecule has 3 nitrogen and oxygen atoms in total. The normalized spacial score (nSPS) is 14.7. The number of ether oxygens (including phenoxy) is 1. The SMILES string of the molecule is CO[C@H](C(=O)C(C)(C)C)[C@H](C)CC(=O)c1ccccc1. The van der Waals surface area contributed by atoms with Gasteiger partial charge < -0.3 is 4.74 Å². The summed E-state index contributed by atoms with van der Waals surface area (Å²) in [5.74, 6) is -0.0605. The molecule has 1 aromatic carbocycles. The van der Waals surface area contributed by atoms with Crippen LogP contribution in [0.2, 0.25) is 0 Å². The second-order valence-electron chi connectivity index (χ2n) is 6.24. The topological polar surface area (TPSA) is 43.4 Å². The van der Waals surface area contributed by atoms with E-state index in [0.717, 1.165) is 0 Å². The van der Waals surface area contributed by atoms with E-state index in [9.17, 15) is 9.59 Å². The largest absolute Gasteiger partial charge is 0.373 e. The third-order valence-electron chi connectivity index (χ3n) is 3.37. The molecule has 0 heterocycles. The Bertz CT molecular complexity index is 457. The third kappa shape index (κ3) is 4.27. The van der Waals surface area contributed by atoms with E-state index in [4.69, 9.17) is 4.74 Å². The average molecular weight is 276 g/mol. The van der Waals surface area contributed by atoms with Gasteiger partial charge in [-0.25, -0.2) is 0 Å². The van der Waals surface area contributed by atoms with E-state index in [0.29, 0.717) is 12.0 Å². The van der Waals surface area contributed by atoms with Crippen molar-refractivity contribution in [2.24, 2.45) is 11.3 Å². The lowest BCUT2D eigenvalue weighted by molar-refractivity contribution is -0.139. The highest BCUT2D eigenvalue weighted by Crippen LogP contribution is 2.24. The van der Waals surface area contributed by atoms with E-state index < -0.39 is 11.5 Å². The number of rotatable bonds is 6. The van der Waals surface area contributed by atoms with Crippen molar-refractivity contribution < 1.29 is 14.3 Å². The average Bonchev–Trinajstić information content (AvgIpc) is 2.39. The molecule has 0 radical (unpaired) electrons. The van der Waals surface area contributed by atoms with Gasteiger partial charge in [0.15, 0.2) is 11.6 Å². The molecule has 2 atom stereocenters. The maximum absolute atomic E-state index is 12.3. The number of hydrogen-bond acceptors (Lipinski definition) is 3. The van der Waals surface area contributed by atoms with Gasteiger partial charge in [0, 0.05) is 24.5 Å². The zero-order valence-electron chi connectivity index (χ0n) is 13.0. The fraction of sp³-hybridized carbons (Fsp3) is 0.529. The number of hydrogen-bond donors (Lipinski definition) is 0. The highest BCUT2D eigenvalue weighted by Gasteiger charge is 2.34. The van der Waals surface area contributed by atoms with Crippen molar-refractivity contribution in [2.45, 2.75) is 40.2 Å². The molecule has 0 saturated heterocycles. The number of benzene rings is 1. The Balaban J connectivity index is 2.76. The van der Waals surface area contributed by atoms with E-state index >= 15 is 0 Å². The molecule has 0 aliphatic carbocycles. The van der Waals surface area contributed by atoms with Crippen molar-refractivity contribution in [3.63, 3.8) is 0 Å². The van der Waals surface area contributed by atoms with Gasteiger partial charge in [0.25, 0.3) is 0 Å². The smallest absolute Gasteiger partial charge is 0.167 e. The third-order valence-corrected chi connectivity index (χ3v) is 3.37. The molecule has 0 bridgehead atoms. The number of Topliss-reactive ketones (excluding diaryl/α,β-unsaturated/α-hetero) is 2. The molecule has 3 heteroatoms. The van der Waals surface area contributed by atoms with Crippen molar-refractivity contribution in [3.8, 4) is 0 Å². The van der Waals surface area contributed by atoms with E-state index in [1.807, 2.05) is 45.9 Å². The molecule has 0 N–H and O–H groups in total. The van der Waals surface area contributed by atoms with Gasteiger partial charge in [0.1, 0.15) is 6.10 Å². The number of methoxy groups -OCH3 is 1. The summed E-state index contributed by atoms with van der Waals surface area (Å²) in [4.78, 5) is 24.5. The lowest BCUT2D eigenvalue weighted by Gasteiger charge is -2.27. The number of carbonyl (C=O) groups excluding carboxylic acids is 2. The minimum atomic E-state index is -0.539. The summed E-state index contributed by atoms with van der Waals surface area (Å²) in [6, 6.07) is 9.14. The monoisotopic (exact) mass is 276 g/mol. The van der Waals surface area contributed by atoms with Gasteiger partial charge in [0.05, 0.1) is 0 Å². The Labute approximate surface area is 121 Å². The van der Waals surface area contributed by atoms with Crippen LogP contribution in [0, 0.1) is 11.3 Å². The minimum absolute atomic E-state index is 0.0355. The molecule has 20 heavy (non-hydrogen) atoms. The molecule has 0 aliphatic rings. The first-order valence-electron chi connectivity index (χ1n) is 6.92. The van der Waals surface area contributed by atoms with Gasteiger partial charge in [0.2, 0.25) is 0 Å². The molecule has 0 aromatic heterocycles. The second kappa shape index (κ2) is 6.80. The summed E-state index contributed by atoms with van der Waals surface area (Å²) in [6.07, 6.45) is -0.229. The lowest BCUT2D eigenvalue weighted by atomic mass is 9.81. The van der Waals surface area contributed by atoms with Crippen molar-refractivity contribution in [2.75, 3.05) is 7.11 Å². The second-order valence-corrected chi connectivity index (χ2v) is 6.24. The van der Waals surface area contributed by atoms with E-state index in [1.165, 1.54) is 7.11 Å². The molecule has 0 amide bonds. The fourth-order valence-electron chi connectivity index (χ4n) is 2.17. The van der Waals surface area contributed by atoms with Crippen LogP contribution >= 0.6 is 0 Å². The van der Waals surface area contributed by atoms with Crippen LogP contribution in [0.1, 0.15) is 44.5 Å². The Kier molecular flexibility index (Phi) is 5.63. The molecule has 1 aromatic rings. The van der Waals surface area contributed by atoms with Gasteiger partial charge in [-0.3, -0.25) is 9.59 Å². The zero-order valence-corrected chi connectivity index (χ0v) is 13.0. The Morgan fingerprint density at radius 3 is 2.15 bits per heavy atom. The van der Waals surface area contributed by atoms with Crippen molar-refractivity contribution >= 4 is 11.6 Å². The minimum Gasteiger partial charge on any atom is -0.373 e. The fourth-order valence-corrected chi connectivity index (χ4v) is 2.17. The van der Waals surface area contributed by atoms with E-state index in [2.05, 4.69) is 0 Å². The van der Waals surface area contributed by atoms with Crippen LogP contribution in [0.15, 0.2) is 30.3 Å². The zero-order chi connectivity index (χ0) is 15.3. The standard InChI is InChI=1S/C17H24O3/c1-12(15(20-5)16(19)17(2,3)4)11-14(18)13-9-7-6-8-10-13/h6-10,12,15H,11H2,1-5H3/t12-,15+/m1/s1. The van der Waals surface area contributed by atoms with Crippen molar-refractivity contribution in [1.82, 2.24) is 0 Å². The van der Waals surface area contributed by atoms with Gasteiger partial charge in [-0.15, -0.1) is 0 Å². The Morgan fingerprint density at radius 1 is 1.15 bits per heavy atom. The molecule has 0 fully saturated rings. The van der Waals surface area contributed by atoms with Crippen LogP contribution in [0.25, 0.3) is 0 Å². The van der Waals surface area contributed by atoms with E-state index in [1.54, 1.807) is 12.1 Å². The summed E-state index contributed by atoms with van der Waals surface area (Å²) < 4.78 is 5.34. The molecule has 1 rings (SSSR count). The highest BCUT2D eigenvalue weighted by atomic mass is 16.5. The van der Waals surface area contributed by atoms with Crippen LogP contribution in [0.4, 0.5) is 0 Å². The van der Waals surface area contributed by atoms with Gasteiger partial charge in [-0.1, -0.05) is 58.0 Å². The quantitative estimate of drug-likeness (QED) is 0.747. The summed E-state index contributed by atoms with van der Waals surface area (Å²) in [5.41, 5.74) is 0.211. The molecular formula is C17H24O3. The van der Waals surface area contributed by atoms with Crippen LogP contribution in [0.3, 0.4) is 0 Å². The van der Waals surface area contributed by atoms with Gasteiger partial charge >= 0.3 is 0 Å². The van der Waals surface area contributed by atoms with E-state index in [-0.39, 0.29) is 17.5 Å². The van der Waals surface area contributed by atoms with Crippen molar-refractivity contribution in [1.29, 1.82) is 0 Å². The number of carbonyl (C=O) groups is 2. The molecule has 0 saturated carbocycles. The Hall–Kier alpha value is -1.48. The molecule has 0 aliphatic heterocycles. The van der Waals surface area contributed by atoms with Gasteiger partial charge in [-0.05, 0) is 5.92 Å². The van der Waals surface area contributed by atoms with Crippen LogP contribution in [0.5, 0.6) is 0 Å². The summed E-state index contributed by atoms with van der Waals surface area (Å²) in [5, 5.41) is 0. The molecule has 0 unspecified atom stereocenters. The van der Waals surface area contributed by atoms with Crippen LogP contribution in [-0.4, -0.2) is 24.8 Å². The molecule has 0 spiro atoms. The predicted molar refractivity (Wildman–Crippen MR) is 79.8 cm³/mol. The summed E-state index contributed by atoms with van der Waals surface area (Å²) >= 11 is 0. The van der Waals surface area contributed by atoms with Crippen LogP contribution < -0.4 is 0 Å².